The van der Waals surface area contributed by atoms with Gasteiger partial charge in [0.15, 0.2) is 6.08 Å². The molecular weight excluding hydrogens is 385 g/mol. The predicted molar refractivity (Wildman–Crippen MR) is 91.6 cm³/mol. The average molecular weight is 401 g/mol. The van der Waals surface area contributed by atoms with Crippen LogP contribution in [0, 0.1) is 5.82 Å². The summed E-state index contributed by atoms with van der Waals surface area (Å²) in [6.45, 7) is 0. The average Bonchev–Trinajstić information content (AvgIpc) is 2.88. The number of benzene rings is 2. The quantitative estimate of drug-likeness (QED) is 0.775. The second kappa shape index (κ2) is 6.97. The van der Waals surface area contributed by atoms with Crippen molar-refractivity contribution in [1.82, 2.24) is 0 Å². The molecule has 2 aromatic rings. The van der Waals surface area contributed by atoms with Crippen LogP contribution in [0.5, 0.6) is 0 Å². The molecule has 0 aliphatic carbocycles. The minimum atomic E-state index is -5.08. The SMILES string of the molecule is [2H]C([2H])(c1ccccc1)S(=O)(=O)OC1=C(N)O[C@@]([2H])(c2ccc(F)c(Cl)c2)C1=O. The summed E-state index contributed by atoms with van der Waals surface area (Å²) >= 11 is 5.66. The standard InChI is InChI=1S/C17H13ClFNO5S/c18-12-8-11(6-7-13(12)19)15-14(21)16(17(20)24-15)25-26(22,23)9-10-4-2-1-3-5-10/h1-8,15H,9,20H2/t15-/m0/s1/i9D2,15D. The van der Waals surface area contributed by atoms with Crippen molar-refractivity contribution in [3.63, 3.8) is 0 Å². The van der Waals surface area contributed by atoms with Crippen LogP contribution in [0.25, 0.3) is 0 Å². The topological polar surface area (TPSA) is 95.7 Å². The highest BCUT2D eigenvalue weighted by Gasteiger charge is 2.39. The third-order valence-electron chi connectivity index (χ3n) is 3.24. The van der Waals surface area contributed by atoms with Crippen LogP contribution in [0.1, 0.15) is 21.3 Å². The fraction of sp³-hybridized carbons (Fsp3) is 0.118. The summed E-state index contributed by atoms with van der Waals surface area (Å²) in [5, 5.41) is -0.397. The minimum Gasteiger partial charge on any atom is -0.460 e. The van der Waals surface area contributed by atoms with Crippen LogP contribution >= 0.6 is 11.6 Å². The van der Waals surface area contributed by atoms with Crippen molar-refractivity contribution >= 4 is 27.5 Å². The highest BCUT2D eigenvalue weighted by molar-refractivity contribution is 7.86. The van der Waals surface area contributed by atoms with E-state index in [4.69, 9.17) is 26.2 Å². The summed E-state index contributed by atoms with van der Waals surface area (Å²) in [6.07, 6.45) is -2.58. The number of halogens is 2. The Labute approximate surface area is 158 Å². The van der Waals surface area contributed by atoms with Gasteiger partial charge in [0.05, 0.1) is 9.13 Å². The molecule has 0 fully saturated rings. The van der Waals surface area contributed by atoms with Crippen molar-refractivity contribution < 1.29 is 30.6 Å². The third-order valence-corrected chi connectivity index (χ3v) is 4.40. The Morgan fingerprint density at radius 3 is 2.65 bits per heavy atom. The van der Waals surface area contributed by atoms with Crippen LogP contribution in [0.2, 0.25) is 5.02 Å². The molecule has 0 bridgehead atoms. The first-order valence-electron chi connectivity index (χ1n) is 8.59. The van der Waals surface area contributed by atoms with Gasteiger partial charge in [0.1, 0.15) is 11.5 Å². The lowest BCUT2D eigenvalue weighted by molar-refractivity contribution is -0.123. The summed E-state index contributed by atoms with van der Waals surface area (Å²) in [5.41, 5.74) is 2.04. The maximum absolute atomic E-state index is 13.4. The molecule has 0 radical (unpaired) electrons. The van der Waals surface area contributed by atoms with Crippen LogP contribution in [-0.2, 0) is 29.5 Å². The molecule has 6 nitrogen and oxygen atoms in total. The number of carbonyl (C=O) groups is 1. The van der Waals surface area contributed by atoms with E-state index < -0.39 is 50.2 Å². The second-order valence-electron chi connectivity index (χ2n) is 5.09. The highest BCUT2D eigenvalue weighted by atomic mass is 35.5. The lowest BCUT2D eigenvalue weighted by Gasteiger charge is -2.10. The van der Waals surface area contributed by atoms with Crippen LogP contribution < -0.4 is 5.73 Å². The van der Waals surface area contributed by atoms with Crippen molar-refractivity contribution in [2.75, 3.05) is 0 Å². The molecule has 9 heteroatoms. The van der Waals surface area contributed by atoms with Crippen molar-refractivity contribution in [3.05, 3.63) is 82.1 Å². The summed E-state index contributed by atoms with van der Waals surface area (Å²) in [5.74, 6) is -4.01. The first-order chi connectivity index (χ1) is 13.4. The van der Waals surface area contributed by atoms with E-state index in [0.29, 0.717) is 0 Å². The van der Waals surface area contributed by atoms with Crippen LogP contribution in [0.4, 0.5) is 4.39 Å². The first-order valence-corrected chi connectivity index (χ1v) is 8.87. The van der Waals surface area contributed by atoms with Crippen molar-refractivity contribution in [2.45, 2.75) is 11.8 Å². The summed E-state index contributed by atoms with van der Waals surface area (Å²) in [7, 11) is -5.08. The molecule has 1 aliphatic heterocycles. The van der Waals surface area contributed by atoms with Crippen molar-refractivity contribution in [2.24, 2.45) is 5.73 Å². The van der Waals surface area contributed by atoms with Gasteiger partial charge < -0.3 is 14.7 Å². The lowest BCUT2D eigenvalue weighted by Crippen LogP contribution is -2.16. The number of nitrogens with two attached hydrogens (primary N) is 1. The van der Waals surface area contributed by atoms with Gasteiger partial charge in [-0.3, -0.25) is 4.79 Å². The van der Waals surface area contributed by atoms with Gasteiger partial charge in [0.25, 0.3) is 0 Å². The monoisotopic (exact) mass is 400 g/mol. The molecule has 0 saturated carbocycles. The number of hydrogen-bond acceptors (Lipinski definition) is 6. The van der Waals surface area contributed by atoms with E-state index in [0.717, 1.165) is 18.2 Å². The van der Waals surface area contributed by atoms with Gasteiger partial charge in [-0.25, -0.2) is 4.39 Å². The zero-order valence-electron chi connectivity index (χ0n) is 15.9. The van der Waals surface area contributed by atoms with Gasteiger partial charge in [0, 0.05) is 5.56 Å². The molecule has 0 saturated heterocycles. The number of Topliss-reactive ketones (excluding diaryl/α,β-unsaturated/α-hetero) is 1. The summed E-state index contributed by atoms with van der Waals surface area (Å²) in [6, 6.07) is 9.74. The molecule has 2 aromatic carbocycles. The van der Waals surface area contributed by atoms with E-state index in [2.05, 4.69) is 4.18 Å². The second-order valence-corrected chi connectivity index (χ2v) is 6.77. The van der Waals surface area contributed by atoms with Crippen molar-refractivity contribution in [1.29, 1.82) is 0 Å². The number of carbonyl (C=O) groups excluding carboxylic acids is 1. The smallest absolute Gasteiger partial charge is 0.313 e. The van der Waals surface area contributed by atoms with E-state index in [1.165, 1.54) is 24.3 Å². The molecule has 0 unspecified atom stereocenters. The van der Waals surface area contributed by atoms with Crippen LogP contribution in [-0.4, -0.2) is 14.2 Å². The van der Waals surface area contributed by atoms with Gasteiger partial charge in [-0.1, -0.05) is 48.0 Å². The Bertz CT molecular complexity index is 1130. The highest BCUT2D eigenvalue weighted by Crippen LogP contribution is 2.34. The number of hydrogen-bond donors (Lipinski definition) is 1. The molecule has 136 valence electrons. The Balaban J connectivity index is 1.95. The van der Waals surface area contributed by atoms with E-state index in [1.807, 2.05) is 0 Å². The molecule has 26 heavy (non-hydrogen) atoms. The first kappa shape index (κ1) is 14.6. The fourth-order valence-corrected chi connectivity index (χ4v) is 3.13. The van der Waals surface area contributed by atoms with Gasteiger partial charge >= 0.3 is 10.1 Å². The number of ketones is 1. The normalized spacial score (nSPS) is 22.4. The van der Waals surface area contributed by atoms with Gasteiger partial charge in [-0.05, 0) is 17.7 Å². The van der Waals surface area contributed by atoms with E-state index in [9.17, 15) is 17.6 Å². The lowest BCUT2D eigenvalue weighted by atomic mass is 10.1. The van der Waals surface area contributed by atoms with E-state index in [-0.39, 0.29) is 11.1 Å². The van der Waals surface area contributed by atoms with Gasteiger partial charge in [-0.15, -0.1) is 0 Å². The minimum absolute atomic E-state index is 0.223. The largest absolute Gasteiger partial charge is 0.460 e. The van der Waals surface area contributed by atoms with E-state index in [1.54, 1.807) is 6.07 Å². The van der Waals surface area contributed by atoms with Crippen LogP contribution in [0.3, 0.4) is 0 Å². The molecule has 1 atom stereocenters. The predicted octanol–water partition coefficient (Wildman–Crippen LogP) is 2.79. The zero-order chi connectivity index (χ0) is 21.6. The molecule has 0 amide bonds. The molecular formula is C17H13ClFNO5S. The number of rotatable bonds is 5. The number of ether oxygens (including phenoxy) is 1. The molecule has 0 aromatic heterocycles. The summed E-state index contributed by atoms with van der Waals surface area (Å²) in [4.78, 5) is 12.7. The third kappa shape index (κ3) is 3.81. The van der Waals surface area contributed by atoms with Crippen molar-refractivity contribution in [3.8, 4) is 0 Å². The Morgan fingerprint density at radius 1 is 1.31 bits per heavy atom. The Hall–Kier alpha value is -2.58. The van der Waals surface area contributed by atoms with Gasteiger partial charge in [-0.2, -0.15) is 8.42 Å². The molecule has 2 N–H and O–H groups in total. The fourth-order valence-electron chi connectivity index (χ4n) is 2.11. The van der Waals surface area contributed by atoms with Crippen LogP contribution in [0.15, 0.2) is 60.2 Å². The Kier molecular flexibility index (Phi) is 3.91. The molecule has 3 rings (SSSR count). The summed E-state index contributed by atoms with van der Waals surface area (Å²) < 4.78 is 72.1. The molecule has 1 aliphatic rings. The molecule has 1 heterocycles. The maximum atomic E-state index is 13.4. The Morgan fingerprint density at radius 2 is 2.00 bits per heavy atom. The maximum Gasteiger partial charge on any atom is 0.313 e. The van der Waals surface area contributed by atoms with Gasteiger partial charge in [0.2, 0.25) is 17.4 Å². The van der Waals surface area contributed by atoms with E-state index >= 15 is 0 Å². The molecule has 0 spiro atoms. The zero-order valence-corrected chi connectivity index (χ0v) is 14.5.